The highest BCUT2D eigenvalue weighted by atomic mass is 32.2. The lowest BCUT2D eigenvalue weighted by Gasteiger charge is -2.33. The van der Waals surface area contributed by atoms with E-state index in [4.69, 9.17) is 33.2 Å². The van der Waals surface area contributed by atoms with E-state index in [2.05, 4.69) is 6.58 Å². The first-order chi connectivity index (χ1) is 29.2. The number of fused-ring (bicyclic) bond motifs is 1. The molecule has 0 spiro atoms. The predicted octanol–water partition coefficient (Wildman–Crippen LogP) is 4.95. The molecule has 0 amide bonds. The third kappa shape index (κ3) is 16.2. The number of nitrogens with zero attached hydrogens (tertiary/aromatic N) is 1. The van der Waals surface area contributed by atoms with Gasteiger partial charge in [0.2, 0.25) is 0 Å². The number of hydrogen-bond acceptors (Lipinski definition) is 14. The number of ether oxygens (including phenoxy) is 7. The van der Waals surface area contributed by atoms with Crippen molar-refractivity contribution in [2.75, 3.05) is 111 Å². The summed E-state index contributed by atoms with van der Waals surface area (Å²) in [5.41, 5.74) is 1.78. The zero-order valence-electron chi connectivity index (χ0n) is 36.2. The van der Waals surface area contributed by atoms with Gasteiger partial charge in [-0.25, -0.2) is 0 Å². The van der Waals surface area contributed by atoms with E-state index in [0.29, 0.717) is 101 Å². The third-order valence-electron chi connectivity index (χ3n) is 10.6. The van der Waals surface area contributed by atoms with Crippen molar-refractivity contribution < 1.29 is 72.1 Å². The highest BCUT2D eigenvalue weighted by Gasteiger charge is 2.44. The Kier molecular flexibility index (Phi) is 21.3. The maximum atomic E-state index is 12.2. The van der Waals surface area contributed by atoms with Crippen LogP contribution < -0.4 is 4.90 Å². The number of rotatable bonds is 31. The molecule has 2 aromatic rings. The van der Waals surface area contributed by atoms with Gasteiger partial charge in [-0.1, -0.05) is 31.7 Å². The summed E-state index contributed by atoms with van der Waals surface area (Å²) in [6.45, 7) is 14.9. The summed E-state index contributed by atoms with van der Waals surface area (Å²) in [6.07, 6.45) is 5.86. The molecule has 0 bridgehead atoms. The van der Waals surface area contributed by atoms with Crippen molar-refractivity contribution in [3.63, 3.8) is 0 Å². The second-order valence-electron chi connectivity index (χ2n) is 15.0. The van der Waals surface area contributed by atoms with Gasteiger partial charge < -0.3 is 38.1 Å². The molecule has 0 saturated carbocycles. The molecular formula is C42H63NO16S3. The topological polar surface area (TPSA) is 231 Å². The molecule has 350 valence electrons. The number of anilines is 1. The zero-order valence-corrected chi connectivity index (χ0v) is 38.7. The van der Waals surface area contributed by atoms with Crippen molar-refractivity contribution >= 4 is 36.0 Å². The molecule has 3 rings (SSSR count). The Morgan fingerprint density at radius 3 is 1.76 bits per heavy atom. The Balaban J connectivity index is 1.81. The van der Waals surface area contributed by atoms with Crippen LogP contribution in [0.15, 0.2) is 82.3 Å². The third-order valence-corrected chi connectivity index (χ3v) is 13.1. The predicted molar refractivity (Wildman–Crippen MR) is 234 cm³/mol. The number of benzene rings is 2. The molecule has 17 nitrogen and oxygen atoms in total. The Bertz CT molecular complexity index is 2160. The number of allylic oxidation sites excluding steroid dienone is 5. The van der Waals surface area contributed by atoms with Gasteiger partial charge in [-0.05, 0) is 91.8 Å². The molecule has 0 aliphatic carbocycles. The molecule has 2 atom stereocenters. The highest BCUT2D eigenvalue weighted by Crippen LogP contribution is 2.51. The Morgan fingerprint density at radius 1 is 0.742 bits per heavy atom. The molecular weight excluding hydrogens is 871 g/mol. The monoisotopic (exact) mass is 933 g/mol. The van der Waals surface area contributed by atoms with Crippen molar-refractivity contribution in [2.24, 2.45) is 0 Å². The fourth-order valence-electron chi connectivity index (χ4n) is 7.15. The first kappa shape index (κ1) is 53.2. The summed E-state index contributed by atoms with van der Waals surface area (Å²) in [4.78, 5) is 1.32. The van der Waals surface area contributed by atoms with Crippen LogP contribution in [-0.4, -0.2) is 145 Å². The van der Waals surface area contributed by atoms with Crippen LogP contribution in [0.5, 0.6) is 0 Å². The minimum absolute atomic E-state index is 0.0273. The normalized spacial score (nSPS) is 17.5. The number of aryl methyl sites for hydroxylation is 1. The van der Waals surface area contributed by atoms with Gasteiger partial charge in [-0.15, -0.1) is 0 Å². The van der Waals surface area contributed by atoms with Gasteiger partial charge in [-0.2, -0.15) is 25.3 Å². The van der Waals surface area contributed by atoms with Crippen LogP contribution in [0, 0.1) is 6.92 Å². The van der Waals surface area contributed by atoms with Crippen molar-refractivity contribution in [1.29, 1.82) is 0 Å². The van der Waals surface area contributed by atoms with E-state index in [1.165, 1.54) is 31.4 Å². The zero-order chi connectivity index (χ0) is 46.0. The van der Waals surface area contributed by atoms with E-state index in [9.17, 15) is 38.9 Å². The summed E-state index contributed by atoms with van der Waals surface area (Å²) >= 11 is 0. The Labute approximate surface area is 367 Å². The minimum Gasteiger partial charge on any atom is -0.383 e. The molecule has 0 aromatic heterocycles. The molecule has 1 aliphatic heterocycles. The van der Waals surface area contributed by atoms with Crippen molar-refractivity contribution in [2.45, 2.75) is 60.7 Å². The quantitative estimate of drug-likeness (QED) is 0.0516. The van der Waals surface area contributed by atoms with Crippen molar-refractivity contribution in [3.8, 4) is 0 Å². The molecule has 0 fully saturated rings. The van der Waals surface area contributed by atoms with Crippen molar-refractivity contribution in [3.05, 3.63) is 89.2 Å². The SMILES string of the molecule is C=C(/C=C/C=C1/N(CCOC)c2ccc(S(=O)(=O)O)cc2C1(C)CCCS(=O)(=O)O)C(C)(CCOCCOCCOCCOCCOCCOC)c1cc(S(=O)(=O)O)ccc1C. The van der Waals surface area contributed by atoms with E-state index in [1.54, 1.807) is 37.5 Å². The average Bonchev–Trinajstić information content (AvgIpc) is 3.42. The second kappa shape index (κ2) is 24.8. The smallest absolute Gasteiger partial charge is 0.294 e. The van der Waals surface area contributed by atoms with Crippen LogP contribution >= 0.6 is 0 Å². The van der Waals surface area contributed by atoms with Crippen LogP contribution in [0.3, 0.4) is 0 Å². The molecule has 2 unspecified atom stereocenters. The van der Waals surface area contributed by atoms with Gasteiger partial charge in [0.25, 0.3) is 30.4 Å². The van der Waals surface area contributed by atoms with Gasteiger partial charge in [0.05, 0.1) is 88.2 Å². The summed E-state index contributed by atoms with van der Waals surface area (Å²) in [6, 6.07) is 8.58. The van der Waals surface area contributed by atoms with Gasteiger partial charge in [-0.3, -0.25) is 13.7 Å². The van der Waals surface area contributed by atoms with E-state index in [0.717, 1.165) is 5.56 Å². The van der Waals surface area contributed by atoms with Gasteiger partial charge in [0.1, 0.15) is 0 Å². The minimum atomic E-state index is -4.59. The number of methoxy groups -OCH3 is 2. The summed E-state index contributed by atoms with van der Waals surface area (Å²) in [5.74, 6) is -0.527. The van der Waals surface area contributed by atoms with Crippen LogP contribution in [0.2, 0.25) is 0 Å². The lowest BCUT2D eigenvalue weighted by molar-refractivity contribution is -0.0151. The van der Waals surface area contributed by atoms with Gasteiger partial charge in [0, 0.05) is 49.6 Å². The van der Waals surface area contributed by atoms with Crippen LogP contribution in [0.4, 0.5) is 5.69 Å². The lowest BCUT2D eigenvalue weighted by atomic mass is 9.72. The van der Waals surface area contributed by atoms with E-state index >= 15 is 0 Å². The number of hydrogen-bond donors (Lipinski definition) is 3. The first-order valence-electron chi connectivity index (χ1n) is 20.1. The molecule has 1 heterocycles. The van der Waals surface area contributed by atoms with Crippen LogP contribution in [0.25, 0.3) is 0 Å². The van der Waals surface area contributed by atoms with E-state index in [1.807, 2.05) is 25.7 Å². The fraction of sp³-hybridized carbons (Fsp3) is 0.571. The van der Waals surface area contributed by atoms with Gasteiger partial charge >= 0.3 is 0 Å². The summed E-state index contributed by atoms with van der Waals surface area (Å²) < 4.78 is 140. The highest BCUT2D eigenvalue weighted by molar-refractivity contribution is 7.86. The Morgan fingerprint density at radius 2 is 1.24 bits per heavy atom. The molecule has 2 aromatic carbocycles. The standard InChI is InChI=1S/C42H63NO16S3/c1-33-11-12-35(61(47,48)49)31-37(33)41(3,16-18-55-22-23-57-26-27-59-29-28-58-25-24-56-21-20-54-6)34(2)9-7-10-40-42(4,15-8-30-60(44,45)46)38-32-36(62(50,51)52)13-14-39(38)43(40)17-19-53-5/h7,9-14,31-32H,2,8,15-30H2,1,3-6H3,(H,44,45,46)(H,47,48,49)(H,50,51,52)/b9-7+,40-10+. The van der Waals surface area contributed by atoms with E-state index in [-0.39, 0.29) is 42.5 Å². The molecule has 3 N–H and O–H groups in total. The first-order valence-corrected chi connectivity index (χ1v) is 24.6. The maximum absolute atomic E-state index is 12.2. The molecule has 1 aliphatic rings. The van der Waals surface area contributed by atoms with Crippen LogP contribution in [-0.2, 0) is 74.3 Å². The molecule has 0 saturated heterocycles. The maximum Gasteiger partial charge on any atom is 0.294 e. The van der Waals surface area contributed by atoms with Crippen molar-refractivity contribution in [1.82, 2.24) is 0 Å². The average molecular weight is 934 g/mol. The lowest BCUT2D eigenvalue weighted by Crippen LogP contribution is -2.31. The van der Waals surface area contributed by atoms with Crippen LogP contribution in [0.1, 0.15) is 49.8 Å². The summed E-state index contributed by atoms with van der Waals surface area (Å²) in [7, 11) is -10.3. The molecule has 62 heavy (non-hydrogen) atoms. The second-order valence-corrected chi connectivity index (χ2v) is 19.5. The Hall–Kier alpha value is -3.09. The largest absolute Gasteiger partial charge is 0.383 e. The fourth-order valence-corrected chi connectivity index (χ4v) is 8.67. The summed E-state index contributed by atoms with van der Waals surface area (Å²) in [5, 5.41) is 0. The van der Waals surface area contributed by atoms with E-state index < -0.39 is 46.9 Å². The van der Waals surface area contributed by atoms with Gasteiger partial charge in [0.15, 0.2) is 0 Å². The molecule has 20 heteroatoms. The molecule has 0 radical (unpaired) electrons.